The van der Waals surface area contributed by atoms with Gasteiger partial charge in [-0.25, -0.2) is 0 Å². The average molecular weight is 295 g/mol. The molecule has 2 unspecified atom stereocenters. The number of hydrogen-bond acceptors (Lipinski definition) is 4. The topological polar surface area (TPSA) is 58.6 Å². The molecule has 1 aromatic rings. The average Bonchev–Trinajstić information content (AvgIpc) is 3.01. The fourth-order valence-electron chi connectivity index (χ4n) is 3.02. The maximum absolute atomic E-state index is 12.3. The van der Waals surface area contributed by atoms with Crippen molar-refractivity contribution in [3.05, 3.63) is 21.4 Å². The Balaban J connectivity index is 1.66. The van der Waals surface area contributed by atoms with Crippen molar-refractivity contribution in [2.75, 3.05) is 13.2 Å². The Bertz CT molecular complexity index is 513. The number of carbonyl (C=O) groups excluding carboxylic acids is 1. The molecule has 20 heavy (non-hydrogen) atoms. The van der Waals surface area contributed by atoms with Crippen LogP contribution in [0.3, 0.4) is 0 Å². The predicted octanol–water partition coefficient (Wildman–Crippen LogP) is 1.90. The summed E-state index contributed by atoms with van der Waals surface area (Å²) in [7, 11) is 0. The van der Waals surface area contributed by atoms with Crippen molar-refractivity contribution in [2.45, 2.75) is 50.7 Å². The highest BCUT2D eigenvalue weighted by molar-refractivity contribution is 7.10. The summed E-state index contributed by atoms with van der Waals surface area (Å²) in [6.07, 6.45) is 4.85. The number of hydrogen-bond donors (Lipinski definition) is 2. The van der Waals surface area contributed by atoms with E-state index in [1.54, 1.807) is 11.3 Å². The van der Waals surface area contributed by atoms with E-state index in [2.05, 4.69) is 5.32 Å². The van der Waals surface area contributed by atoms with Gasteiger partial charge in [0.1, 0.15) is 5.60 Å². The number of aryl methyl sites for hydroxylation is 1. The van der Waals surface area contributed by atoms with E-state index in [-0.39, 0.29) is 18.6 Å². The standard InChI is InChI=1S/C15H21NO3S/c1-10-15(18,6-7-19-10)9-16-14(17)12-8-20-13-5-3-2-4-11(12)13/h8,10,18H,2-7,9H2,1H3,(H,16,17). The Hall–Kier alpha value is -0.910. The first kappa shape index (κ1) is 14.0. The molecule has 110 valence electrons. The minimum absolute atomic E-state index is 0.0584. The molecule has 3 rings (SSSR count). The fraction of sp³-hybridized carbons (Fsp3) is 0.667. The number of rotatable bonds is 3. The molecule has 2 N–H and O–H groups in total. The van der Waals surface area contributed by atoms with Gasteiger partial charge in [0.2, 0.25) is 0 Å². The first-order valence-electron chi connectivity index (χ1n) is 7.31. The van der Waals surface area contributed by atoms with Crippen LogP contribution in [0.1, 0.15) is 47.0 Å². The van der Waals surface area contributed by atoms with Crippen molar-refractivity contribution in [3.8, 4) is 0 Å². The van der Waals surface area contributed by atoms with Crippen molar-refractivity contribution in [2.24, 2.45) is 0 Å². The summed E-state index contributed by atoms with van der Waals surface area (Å²) in [6.45, 7) is 2.67. The molecule has 1 fully saturated rings. The predicted molar refractivity (Wildman–Crippen MR) is 78.3 cm³/mol. The molecule has 2 atom stereocenters. The third-order valence-electron chi connectivity index (χ3n) is 4.52. The Kier molecular flexibility index (Phi) is 3.84. The van der Waals surface area contributed by atoms with Crippen molar-refractivity contribution >= 4 is 17.2 Å². The van der Waals surface area contributed by atoms with E-state index < -0.39 is 5.60 Å². The number of thiophene rings is 1. The molecule has 1 amide bonds. The van der Waals surface area contributed by atoms with Gasteiger partial charge in [-0.2, -0.15) is 0 Å². The van der Waals surface area contributed by atoms with Gasteiger partial charge in [0.25, 0.3) is 5.91 Å². The van der Waals surface area contributed by atoms with Crippen LogP contribution in [0.5, 0.6) is 0 Å². The number of fused-ring (bicyclic) bond motifs is 1. The molecule has 0 spiro atoms. The van der Waals surface area contributed by atoms with Crippen LogP contribution in [-0.2, 0) is 17.6 Å². The lowest BCUT2D eigenvalue weighted by molar-refractivity contribution is -0.0251. The second-order valence-electron chi connectivity index (χ2n) is 5.81. The van der Waals surface area contributed by atoms with Crippen LogP contribution in [-0.4, -0.2) is 35.9 Å². The molecule has 1 saturated heterocycles. The second kappa shape index (κ2) is 5.47. The monoisotopic (exact) mass is 295 g/mol. The van der Waals surface area contributed by atoms with Gasteiger partial charge in [-0.05, 0) is 38.2 Å². The normalized spacial score (nSPS) is 29.2. The lowest BCUT2D eigenvalue weighted by Crippen LogP contribution is -2.47. The highest BCUT2D eigenvalue weighted by Gasteiger charge is 2.39. The molecule has 1 aliphatic carbocycles. The summed E-state index contributed by atoms with van der Waals surface area (Å²) < 4.78 is 5.38. The van der Waals surface area contributed by atoms with Gasteiger partial charge in [-0.15, -0.1) is 11.3 Å². The Labute approximate surface area is 123 Å². The van der Waals surface area contributed by atoms with Gasteiger partial charge >= 0.3 is 0 Å². The smallest absolute Gasteiger partial charge is 0.252 e. The van der Waals surface area contributed by atoms with E-state index >= 15 is 0 Å². The van der Waals surface area contributed by atoms with Crippen molar-refractivity contribution in [3.63, 3.8) is 0 Å². The SMILES string of the molecule is CC1OCCC1(O)CNC(=O)c1csc2c1CCCC2. The van der Waals surface area contributed by atoms with E-state index in [1.807, 2.05) is 12.3 Å². The Morgan fingerprint density at radius 1 is 1.55 bits per heavy atom. The zero-order valence-electron chi connectivity index (χ0n) is 11.8. The van der Waals surface area contributed by atoms with Gasteiger partial charge < -0.3 is 15.2 Å². The molecular weight excluding hydrogens is 274 g/mol. The fourth-order valence-corrected chi connectivity index (χ4v) is 4.14. The molecular formula is C15H21NO3S. The molecule has 4 nitrogen and oxygen atoms in total. The van der Waals surface area contributed by atoms with E-state index in [1.165, 1.54) is 23.3 Å². The van der Waals surface area contributed by atoms with Crippen LogP contribution >= 0.6 is 11.3 Å². The number of amides is 1. The minimum atomic E-state index is -0.925. The molecule has 2 aliphatic rings. The summed E-state index contributed by atoms with van der Waals surface area (Å²) in [5, 5.41) is 15.3. The molecule has 5 heteroatoms. The second-order valence-corrected chi connectivity index (χ2v) is 6.77. The zero-order chi connectivity index (χ0) is 14.2. The third kappa shape index (κ3) is 2.50. The van der Waals surface area contributed by atoms with Crippen molar-refractivity contribution < 1.29 is 14.6 Å². The maximum Gasteiger partial charge on any atom is 0.252 e. The highest BCUT2D eigenvalue weighted by Crippen LogP contribution is 2.30. The highest BCUT2D eigenvalue weighted by atomic mass is 32.1. The molecule has 0 aromatic carbocycles. The Morgan fingerprint density at radius 3 is 3.10 bits per heavy atom. The van der Waals surface area contributed by atoms with E-state index in [4.69, 9.17) is 4.74 Å². The van der Waals surface area contributed by atoms with E-state index in [9.17, 15) is 9.90 Å². The van der Waals surface area contributed by atoms with E-state index in [0.717, 1.165) is 18.4 Å². The largest absolute Gasteiger partial charge is 0.385 e. The summed E-state index contributed by atoms with van der Waals surface area (Å²) >= 11 is 1.69. The van der Waals surface area contributed by atoms with Crippen LogP contribution in [0.15, 0.2) is 5.38 Å². The van der Waals surface area contributed by atoms with Crippen molar-refractivity contribution in [1.29, 1.82) is 0 Å². The van der Waals surface area contributed by atoms with Gasteiger partial charge in [-0.3, -0.25) is 4.79 Å². The summed E-state index contributed by atoms with van der Waals surface area (Å²) in [5.74, 6) is -0.0584. The van der Waals surface area contributed by atoms with Crippen LogP contribution < -0.4 is 5.32 Å². The van der Waals surface area contributed by atoms with Crippen LogP contribution in [0.2, 0.25) is 0 Å². The number of carbonyl (C=O) groups is 1. The molecule has 0 saturated carbocycles. The maximum atomic E-state index is 12.3. The molecule has 0 bridgehead atoms. The summed E-state index contributed by atoms with van der Waals surface area (Å²) in [6, 6.07) is 0. The minimum Gasteiger partial charge on any atom is -0.385 e. The van der Waals surface area contributed by atoms with Gasteiger partial charge in [0.15, 0.2) is 0 Å². The number of nitrogens with one attached hydrogen (secondary N) is 1. The van der Waals surface area contributed by atoms with Gasteiger partial charge in [0.05, 0.1) is 11.7 Å². The lowest BCUT2D eigenvalue weighted by Gasteiger charge is -2.26. The first-order valence-corrected chi connectivity index (χ1v) is 8.19. The Morgan fingerprint density at radius 2 is 2.35 bits per heavy atom. The molecule has 0 radical (unpaired) electrons. The van der Waals surface area contributed by atoms with Gasteiger partial charge in [-0.1, -0.05) is 0 Å². The number of aliphatic hydroxyl groups is 1. The first-order chi connectivity index (χ1) is 9.60. The van der Waals surface area contributed by atoms with Crippen LogP contribution in [0.4, 0.5) is 0 Å². The molecule has 1 aromatic heterocycles. The summed E-state index contributed by atoms with van der Waals surface area (Å²) in [4.78, 5) is 13.7. The van der Waals surface area contributed by atoms with Crippen LogP contribution in [0, 0.1) is 0 Å². The van der Waals surface area contributed by atoms with Crippen molar-refractivity contribution in [1.82, 2.24) is 5.32 Å². The molecule has 1 aliphatic heterocycles. The quantitative estimate of drug-likeness (QED) is 0.895. The van der Waals surface area contributed by atoms with Crippen LogP contribution in [0.25, 0.3) is 0 Å². The third-order valence-corrected chi connectivity index (χ3v) is 5.61. The zero-order valence-corrected chi connectivity index (χ0v) is 12.6. The molecule has 2 heterocycles. The van der Waals surface area contributed by atoms with Gasteiger partial charge in [0, 0.05) is 29.8 Å². The van der Waals surface area contributed by atoms with E-state index in [0.29, 0.717) is 13.0 Å². The lowest BCUT2D eigenvalue weighted by atomic mass is 9.94. The summed E-state index contributed by atoms with van der Waals surface area (Å²) in [5.41, 5.74) is 1.10. The number of ether oxygens (including phenoxy) is 1.